The molecule has 0 saturated heterocycles. The molecular weight excluding hydrogens is 254 g/mol. The first-order valence-corrected chi connectivity index (χ1v) is 6.35. The van der Waals surface area contributed by atoms with Crippen molar-refractivity contribution >= 4 is 5.78 Å². The van der Waals surface area contributed by atoms with Gasteiger partial charge in [0.2, 0.25) is 0 Å². The number of carbonyl (C=O) groups excluding carboxylic acids is 1. The maximum absolute atomic E-state index is 12.5. The molecule has 1 aromatic heterocycles. The van der Waals surface area contributed by atoms with E-state index in [-0.39, 0.29) is 5.78 Å². The Hall–Kier alpha value is -2.54. The Labute approximate surface area is 117 Å². The van der Waals surface area contributed by atoms with E-state index in [4.69, 9.17) is 9.15 Å². The summed E-state index contributed by atoms with van der Waals surface area (Å²) in [4.78, 5) is 12.5. The fraction of sp³-hybridized carbons (Fsp3) is 0.250. The summed E-state index contributed by atoms with van der Waals surface area (Å²) >= 11 is 0. The maximum atomic E-state index is 12.5. The lowest BCUT2D eigenvalue weighted by atomic mass is 9.91. The number of aryl methyl sites for hydroxylation is 1. The van der Waals surface area contributed by atoms with Crippen LogP contribution in [0.25, 0.3) is 0 Å². The minimum Gasteiger partial charge on any atom is -0.497 e. The van der Waals surface area contributed by atoms with E-state index in [1.165, 1.54) is 6.26 Å². The highest BCUT2D eigenvalue weighted by molar-refractivity contribution is 6.03. The Kier molecular flexibility index (Phi) is 4.21. The van der Waals surface area contributed by atoms with Crippen LogP contribution in [0.5, 0.6) is 5.75 Å². The molecule has 1 atom stereocenters. The molecule has 0 N–H and O–H groups in total. The molecule has 0 amide bonds. The SMILES string of the molecule is CCc1occc1C(=O)C(C#N)c1cccc(OC)c1. The molecule has 0 bridgehead atoms. The van der Waals surface area contributed by atoms with Crippen LogP contribution in [0, 0.1) is 11.3 Å². The highest BCUT2D eigenvalue weighted by Gasteiger charge is 2.25. The summed E-state index contributed by atoms with van der Waals surface area (Å²) in [5, 5.41) is 9.33. The first-order valence-electron chi connectivity index (χ1n) is 6.35. The molecule has 4 nitrogen and oxygen atoms in total. The second-order valence-electron chi connectivity index (χ2n) is 4.31. The summed E-state index contributed by atoms with van der Waals surface area (Å²) in [6.07, 6.45) is 2.09. The van der Waals surface area contributed by atoms with E-state index < -0.39 is 5.92 Å². The van der Waals surface area contributed by atoms with E-state index in [0.717, 1.165) is 0 Å². The number of furan rings is 1. The van der Waals surface area contributed by atoms with Gasteiger partial charge < -0.3 is 9.15 Å². The monoisotopic (exact) mass is 269 g/mol. The zero-order valence-electron chi connectivity index (χ0n) is 11.4. The van der Waals surface area contributed by atoms with Crippen LogP contribution in [0.15, 0.2) is 41.0 Å². The third kappa shape index (κ3) is 2.57. The highest BCUT2D eigenvalue weighted by atomic mass is 16.5. The molecule has 0 radical (unpaired) electrons. The maximum Gasteiger partial charge on any atom is 0.187 e. The molecule has 0 aliphatic carbocycles. The van der Waals surface area contributed by atoms with Crippen molar-refractivity contribution in [3.8, 4) is 11.8 Å². The lowest BCUT2D eigenvalue weighted by Crippen LogP contribution is -2.12. The molecular formula is C16H15NO3. The lowest BCUT2D eigenvalue weighted by molar-refractivity contribution is 0.0977. The second-order valence-corrected chi connectivity index (χ2v) is 4.31. The van der Waals surface area contributed by atoms with Crippen LogP contribution in [-0.4, -0.2) is 12.9 Å². The fourth-order valence-corrected chi connectivity index (χ4v) is 2.10. The second kappa shape index (κ2) is 6.07. The van der Waals surface area contributed by atoms with Crippen molar-refractivity contribution in [3.63, 3.8) is 0 Å². The first-order chi connectivity index (χ1) is 9.71. The summed E-state index contributed by atoms with van der Waals surface area (Å²) in [6.45, 7) is 1.91. The van der Waals surface area contributed by atoms with Crippen LogP contribution in [0.4, 0.5) is 0 Å². The van der Waals surface area contributed by atoms with Gasteiger partial charge in [-0.15, -0.1) is 0 Å². The molecule has 2 aromatic rings. The van der Waals surface area contributed by atoms with E-state index >= 15 is 0 Å². The van der Waals surface area contributed by atoms with Crippen LogP contribution in [-0.2, 0) is 6.42 Å². The lowest BCUT2D eigenvalue weighted by Gasteiger charge is -2.09. The van der Waals surface area contributed by atoms with E-state index in [2.05, 4.69) is 6.07 Å². The average molecular weight is 269 g/mol. The summed E-state index contributed by atoms with van der Waals surface area (Å²) in [7, 11) is 1.55. The summed E-state index contributed by atoms with van der Waals surface area (Å²) in [5.74, 6) is 0.135. The standard InChI is InChI=1S/C16H15NO3/c1-3-15-13(7-8-20-15)16(18)14(10-17)11-5-4-6-12(9-11)19-2/h4-9,14H,3H2,1-2H3. The third-order valence-electron chi connectivity index (χ3n) is 3.15. The Morgan fingerprint density at radius 2 is 2.25 bits per heavy atom. The topological polar surface area (TPSA) is 63.2 Å². The quantitative estimate of drug-likeness (QED) is 0.781. The summed E-state index contributed by atoms with van der Waals surface area (Å²) in [6, 6.07) is 10.7. The molecule has 2 rings (SSSR count). The van der Waals surface area contributed by atoms with Gasteiger partial charge in [0.05, 0.1) is 25.0 Å². The van der Waals surface area contributed by atoms with Crippen molar-refractivity contribution in [3.05, 3.63) is 53.5 Å². The number of hydrogen-bond acceptors (Lipinski definition) is 4. The Morgan fingerprint density at radius 3 is 2.90 bits per heavy atom. The van der Waals surface area contributed by atoms with Crippen molar-refractivity contribution in [1.29, 1.82) is 5.26 Å². The van der Waals surface area contributed by atoms with Gasteiger partial charge >= 0.3 is 0 Å². The number of benzene rings is 1. The van der Waals surface area contributed by atoms with E-state index in [0.29, 0.717) is 29.1 Å². The van der Waals surface area contributed by atoms with Crippen molar-refractivity contribution in [2.75, 3.05) is 7.11 Å². The summed E-state index contributed by atoms with van der Waals surface area (Å²) < 4.78 is 10.4. The minimum atomic E-state index is -0.854. The number of methoxy groups -OCH3 is 1. The van der Waals surface area contributed by atoms with Crippen LogP contribution in [0.3, 0.4) is 0 Å². The molecule has 1 heterocycles. The van der Waals surface area contributed by atoms with Crippen LogP contribution >= 0.6 is 0 Å². The number of carbonyl (C=O) groups is 1. The number of nitriles is 1. The molecule has 0 aliphatic rings. The van der Waals surface area contributed by atoms with E-state index in [9.17, 15) is 10.1 Å². The number of Topliss-reactive ketones (excluding diaryl/α,β-unsaturated/α-hetero) is 1. The first kappa shape index (κ1) is 13.9. The van der Waals surface area contributed by atoms with Gasteiger partial charge in [0.15, 0.2) is 5.78 Å². The Balaban J connectivity index is 2.37. The Morgan fingerprint density at radius 1 is 1.45 bits per heavy atom. The highest BCUT2D eigenvalue weighted by Crippen LogP contribution is 2.26. The summed E-state index contributed by atoms with van der Waals surface area (Å²) in [5.41, 5.74) is 1.10. The molecule has 20 heavy (non-hydrogen) atoms. The molecule has 102 valence electrons. The van der Waals surface area contributed by atoms with Crippen molar-refractivity contribution in [2.24, 2.45) is 0 Å². The van der Waals surface area contributed by atoms with Crippen LogP contribution in [0.2, 0.25) is 0 Å². The molecule has 4 heteroatoms. The van der Waals surface area contributed by atoms with Gasteiger partial charge in [0.25, 0.3) is 0 Å². The van der Waals surface area contributed by atoms with Gasteiger partial charge in [-0.1, -0.05) is 19.1 Å². The van der Waals surface area contributed by atoms with Crippen LogP contribution in [0.1, 0.15) is 34.5 Å². The average Bonchev–Trinajstić information content (AvgIpc) is 2.96. The van der Waals surface area contributed by atoms with Gasteiger partial charge in [-0.25, -0.2) is 0 Å². The molecule has 0 fully saturated rings. The fourth-order valence-electron chi connectivity index (χ4n) is 2.10. The third-order valence-corrected chi connectivity index (χ3v) is 3.15. The molecule has 0 saturated carbocycles. The van der Waals surface area contributed by atoms with E-state index in [1.54, 1.807) is 37.4 Å². The van der Waals surface area contributed by atoms with E-state index in [1.807, 2.05) is 6.92 Å². The zero-order chi connectivity index (χ0) is 14.5. The van der Waals surface area contributed by atoms with Gasteiger partial charge in [-0.3, -0.25) is 4.79 Å². The van der Waals surface area contributed by atoms with Crippen molar-refractivity contribution in [2.45, 2.75) is 19.3 Å². The van der Waals surface area contributed by atoms with Gasteiger partial charge in [-0.05, 0) is 23.8 Å². The smallest absolute Gasteiger partial charge is 0.187 e. The molecule has 1 aromatic carbocycles. The predicted octanol–water partition coefficient (Wildman–Crippen LogP) is 3.34. The molecule has 0 spiro atoms. The number of hydrogen-bond donors (Lipinski definition) is 0. The Bertz CT molecular complexity index is 652. The molecule has 0 aliphatic heterocycles. The predicted molar refractivity (Wildman–Crippen MR) is 73.8 cm³/mol. The van der Waals surface area contributed by atoms with Gasteiger partial charge in [0, 0.05) is 6.42 Å². The van der Waals surface area contributed by atoms with Crippen LogP contribution < -0.4 is 4.74 Å². The number of ether oxygens (including phenoxy) is 1. The molecule has 1 unspecified atom stereocenters. The van der Waals surface area contributed by atoms with Crippen molar-refractivity contribution in [1.82, 2.24) is 0 Å². The van der Waals surface area contributed by atoms with Gasteiger partial charge in [-0.2, -0.15) is 5.26 Å². The number of rotatable bonds is 5. The largest absolute Gasteiger partial charge is 0.497 e. The number of ketones is 1. The number of nitrogens with zero attached hydrogens (tertiary/aromatic N) is 1. The van der Waals surface area contributed by atoms with Gasteiger partial charge in [0.1, 0.15) is 17.4 Å². The zero-order valence-corrected chi connectivity index (χ0v) is 11.4. The van der Waals surface area contributed by atoms with Crippen molar-refractivity contribution < 1.29 is 13.9 Å². The normalized spacial score (nSPS) is 11.7. The minimum absolute atomic E-state index is 0.244.